The second-order valence-corrected chi connectivity index (χ2v) is 33.0. The van der Waals surface area contributed by atoms with Gasteiger partial charge in [-0.25, -0.2) is 8.78 Å². The summed E-state index contributed by atoms with van der Waals surface area (Å²) in [6.45, 7) is 15.0. The van der Waals surface area contributed by atoms with Gasteiger partial charge in [0.25, 0.3) is 0 Å². The van der Waals surface area contributed by atoms with Gasteiger partial charge in [-0.2, -0.15) is 13.2 Å². The van der Waals surface area contributed by atoms with E-state index in [-0.39, 0.29) is 90.4 Å². The van der Waals surface area contributed by atoms with Crippen molar-refractivity contribution in [3.8, 4) is 0 Å². The molecule has 0 aromatic rings. The van der Waals surface area contributed by atoms with Gasteiger partial charge in [0.1, 0.15) is 72.1 Å². The summed E-state index contributed by atoms with van der Waals surface area (Å²) in [5.74, 6) is -13.4. The second-order valence-electron chi connectivity index (χ2n) is 33.0. The lowest BCUT2D eigenvalue weighted by atomic mass is 9.58. The van der Waals surface area contributed by atoms with Gasteiger partial charge in [-0.05, 0) is 133 Å². The lowest BCUT2D eigenvalue weighted by Gasteiger charge is -2.54. The van der Waals surface area contributed by atoms with E-state index in [1.165, 1.54) is 71.7 Å². The summed E-state index contributed by atoms with van der Waals surface area (Å²) >= 11 is 0. The molecule has 109 heavy (non-hydrogen) atoms. The maximum atomic E-state index is 15.9. The average molecular weight is 1550 g/mol. The van der Waals surface area contributed by atoms with Crippen molar-refractivity contribution in [2.45, 2.75) is 269 Å². The Morgan fingerprint density at radius 1 is 0.661 bits per heavy atom. The first-order chi connectivity index (χ1) is 51.3. The van der Waals surface area contributed by atoms with Crippen LogP contribution in [0.4, 0.5) is 22.0 Å². The minimum absolute atomic E-state index is 0.00279. The number of hydrogen-bond acceptors (Lipinski definition) is 14. The zero-order chi connectivity index (χ0) is 80.9. The number of nitrogens with zero attached hydrogens (tertiary/aromatic N) is 9. The minimum Gasteiger partial charge on any atom is -0.379 e. The number of amides is 12. The van der Waals surface area contributed by atoms with Crippen molar-refractivity contribution in [2.75, 3.05) is 101 Å². The van der Waals surface area contributed by atoms with Crippen LogP contribution in [0.2, 0.25) is 0 Å². The first kappa shape index (κ1) is 89.2. The van der Waals surface area contributed by atoms with Crippen molar-refractivity contribution in [3.63, 3.8) is 0 Å². The number of rotatable bonds is 16. The summed E-state index contributed by atoms with van der Waals surface area (Å²) in [7, 11) is 8.33. The number of likely N-dealkylation sites (N-methyl/N-ethyl adjacent to an activating group) is 7. The third-order valence-electron chi connectivity index (χ3n) is 24.5. The average Bonchev–Trinajstić information content (AvgIpc) is 1.30. The van der Waals surface area contributed by atoms with E-state index >= 15 is 42.3 Å². The van der Waals surface area contributed by atoms with E-state index in [4.69, 9.17) is 9.47 Å². The summed E-state index contributed by atoms with van der Waals surface area (Å²) in [6.07, 6.45) is -4.14. The van der Waals surface area contributed by atoms with Crippen LogP contribution >= 0.6 is 0 Å². The number of ether oxygens (including phenoxy) is 2. The Labute approximate surface area is 641 Å². The van der Waals surface area contributed by atoms with Crippen molar-refractivity contribution < 1.29 is 89.0 Å². The summed E-state index contributed by atoms with van der Waals surface area (Å²) in [5.41, 5.74) is -2.30. The molecular weight excluding hydrogens is 1420 g/mol. The van der Waals surface area contributed by atoms with Crippen LogP contribution in [0.5, 0.6) is 0 Å². The van der Waals surface area contributed by atoms with Crippen LogP contribution in [-0.4, -0.2) is 295 Å². The van der Waals surface area contributed by atoms with Crippen molar-refractivity contribution in [3.05, 3.63) is 12.2 Å². The predicted molar refractivity (Wildman–Crippen MR) is 396 cm³/mol. The summed E-state index contributed by atoms with van der Waals surface area (Å²) in [6, 6.07) is -11.0. The van der Waals surface area contributed by atoms with Gasteiger partial charge < -0.3 is 69.5 Å². The monoisotopic (exact) mass is 1550 g/mol. The minimum atomic E-state index is -5.18. The molecular formula is C78H125F5N12O14. The molecule has 31 heteroatoms. The molecule has 2 bridgehead atoms. The molecule has 0 aromatic heterocycles. The van der Waals surface area contributed by atoms with Crippen LogP contribution in [0.25, 0.3) is 0 Å². The quantitative estimate of drug-likeness (QED) is 0.114. The fraction of sp³-hybridized carbons (Fsp3) is 0.821. The number of hydrogen-bond donors (Lipinski definition) is 3. The lowest BCUT2D eigenvalue weighted by Crippen LogP contribution is -2.71. The van der Waals surface area contributed by atoms with Gasteiger partial charge in [-0.3, -0.25) is 57.5 Å². The third-order valence-corrected chi connectivity index (χ3v) is 24.5. The Balaban J connectivity index is 1.35. The molecule has 4 saturated carbocycles. The number of fused-ring (bicyclic) bond motifs is 3. The molecule has 0 radical (unpaired) electrons. The molecule has 3 aliphatic heterocycles. The largest absolute Gasteiger partial charge is 0.397 e. The van der Waals surface area contributed by atoms with Gasteiger partial charge in [0, 0.05) is 88.1 Å². The Kier molecular flexibility index (Phi) is 31.8. The Morgan fingerprint density at radius 2 is 1.28 bits per heavy atom. The lowest BCUT2D eigenvalue weighted by molar-refractivity contribution is -0.219. The number of carbonyl (C=O) groups excluding carboxylic acids is 12. The van der Waals surface area contributed by atoms with E-state index in [2.05, 4.69) is 22.9 Å². The van der Waals surface area contributed by atoms with Crippen molar-refractivity contribution in [1.29, 1.82) is 0 Å². The Morgan fingerprint density at radius 3 is 1.86 bits per heavy atom. The van der Waals surface area contributed by atoms with E-state index in [1.54, 1.807) is 47.6 Å². The molecule has 1 spiro atoms. The number of halogens is 5. The Hall–Kier alpha value is -7.05. The SMILES string of the molecule is CCOC[C@H]1C(=O)N[C@@H]([C@@H](C)CC)C(=O)N(C)CC(=O)N(C)[C@H]2C/C=C\CCN(C2=O)[C@@H](CC2CCC(C)CC2)C(=O)N(C)CC(=O)N[C@@H](CCC2CC(F)C(C(F)(F)F)C(F)C2)C(=O)N2C[C@H](OCC)C[C@H]2C(=O)NC2(CC(C)(C)C2)C(=O)N(C)[C@@H](C2CCCC2)C(=O)N(C)[C@H](C(=O)N(CC)CC)CC(=O)N1C. The van der Waals surface area contributed by atoms with Crippen molar-refractivity contribution in [2.24, 2.45) is 40.9 Å². The smallest absolute Gasteiger partial charge is 0.379 e. The zero-order valence-corrected chi connectivity index (χ0v) is 67.1. The molecule has 7 aliphatic rings. The molecule has 2 saturated heterocycles. The van der Waals surface area contributed by atoms with Crippen molar-refractivity contribution in [1.82, 2.24) is 60.0 Å². The highest BCUT2D eigenvalue weighted by Gasteiger charge is 2.60. The molecule has 26 nitrogen and oxygen atoms in total. The number of alkyl halides is 5. The van der Waals surface area contributed by atoms with Crippen LogP contribution in [0.15, 0.2) is 12.2 Å². The Bertz CT molecular complexity index is 3220. The normalized spacial score (nSPS) is 32.1. The fourth-order valence-corrected chi connectivity index (χ4v) is 18.0. The number of nitrogens with one attached hydrogen (secondary N) is 3. The van der Waals surface area contributed by atoms with E-state index in [1.807, 2.05) is 19.9 Å². The van der Waals surface area contributed by atoms with E-state index in [0.29, 0.717) is 44.4 Å². The van der Waals surface area contributed by atoms with Crippen LogP contribution in [0.3, 0.4) is 0 Å². The van der Waals surface area contributed by atoms with E-state index < -0.39 is 217 Å². The summed E-state index contributed by atoms with van der Waals surface area (Å²) < 4.78 is 85.0. The molecule has 3 N–H and O–H groups in total. The van der Waals surface area contributed by atoms with Crippen LogP contribution in [0.1, 0.15) is 191 Å². The van der Waals surface area contributed by atoms with E-state index in [0.717, 1.165) is 40.4 Å². The molecule has 12 atom stereocenters. The molecule has 2 unspecified atom stereocenters. The van der Waals surface area contributed by atoms with Gasteiger partial charge in [0.2, 0.25) is 70.9 Å². The molecule has 12 amide bonds. The molecule has 7 rings (SSSR count). The highest BCUT2D eigenvalue weighted by molar-refractivity contribution is 6.01. The van der Waals surface area contributed by atoms with E-state index in [9.17, 15) is 37.1 Å². The fourth-order valence-electron chi connectivity index (χ4n) is 18.0. The first-order valence-corrected chi connectivity index (χ1v) is 39.8. The molecule has 3 heterocycles. The van der Waals surface area contributed by atoms with Gasteiger partial charge in [-0.15, -0.1) is 0 Å². The standard InChI is InChI=1S/C78H125F5N12O14/c1-16-48(7)65-73(105)88(11)43-63(98)89(12)56-28-22-21-25-35-94(72(56)104)59(38-49-31-29-47(6)30-32-49)70(102)87(10)42-61(96)84-55(34-33-50-36-53(79)64(54(80)37-50)78(81,82)83)69(101)95-41-52(109-20-5)39-57(95)68(100)86-77(45-76(8,9)46-77)75(107)92(15)66(51-26-23-24-27-51)74(106)91(14)58(71(103)93(17-2)18-3)40-62(97)90(13)60(44-108-19-4)67(99)85-65/h21-22,47-60,64-66H,16-20,23-46H2,1-15H3,(H,84,96)(H,85,99)(H,86,100)/b22-21-/t47?,48-,49?,50?,52+,53?,54?,55-,56-,57-,58-,59-,60-,64?,65-,66-/m0/s1. The van der Waals surface area contributed by atoms with Gasteiger partial charge in [0.05, 0.1) is 32.2 Å². The molecule has 616 valence electrons. The summed E-state index contributed by atoms with van der Waals surface area (Å²) in [4.78, 5) is 194. The molecule has 0 aromatic carbocycles. The zero-order valence-electron chi connectivity index (χ0n) is 67.1. The first-order valence-electron chi connectivity index (χ1n) is 39.8. The highest BCUT2D eigenvalue weighted by Crippen LogP contribution is 2.50. The van der Waals surface area contributed by atoms with Crippen LogP contribution in [0, 0.1) is 40.9 Å². The van der Waals surface area contributed by atoms with Gasteiger partial charge in [-0.1, -0.05) is 91.7 Å². The predicted octanol–water partition coefficient (Wildman–Crippen LogP) is 6.22. The molecule has 4 aliphatic carbocycles. The molecule has 6 fully saturated rings. The number of carbonyl (C=O) groups is 12. The van der Waals surface area contributed by atoms with Crippen LogP contribution in [-0.2, 0) is 67.0 Å². The third kappa shape index (κ3) is 21.8. The summed E-state index contributed by atoms with van der Waals surface area (Å²) in [5, 5.41) is 8.61. The van der Waals surface area contributed by atoms with Gasteiger partial charge >= 0.3 is 6.18 Å². The maximum Gasteiger partial charge on any atom is 0.397 e. The highest BCUT2D eigenvalue weighted by atomic mass is 19.4. The maximum absolute atomic E-state index is 15.9. The second kappa shape index (κ2) is 38.9. The topological polar surface area (TPSA) is 289 Å². The van der Waals surface area contributed by atoms with Gasteiger partial charge in [0.15, 0.2) is 0 Å². The van der Waals surface area contributed by atoms with Crippen molar-refractivity contribution >= 4 is 70.9 Å². The van der Waals surface area contributed by atoms with Crippen LogP contribution < -0.4 is 16.0 Å².